The highest BCUT2D eigenvalue weighted by atomic mass is 19.1. The first-order valence-electron chi connectivity index (χ1n) is 2.27. The Morgan fingerprint density at radius 2 is 2.50 bits per heavy atom. The Kier molecular flexibility index (Phi) is 4.50. The van der Waals surface area contributed by atoms with E-state index in [4.69, 9.17) is 0 Å². The Labute approximate surface area is 47.6 Å². The van der Waals surface area contributed by atoms with Crippen LogP contribution in [0.2, 0.25) is 0 Å². The molecule has 0 N–H and O–H groups in total. The molecule has 47 valence electrons. The molecule has 0 heterocycles. The number of rotatable bonds is 4. The normalized spacial score (nSPS) is 13.2. The zero-order valence-electron chi connectivity index (χ0n) is 4.47. The van der Waals surface area contributed by atoms with E-state index in [1.54, 1.807) is 0 Å². The van der Waals surface area contributed by atoms with Gasteiger partial charge in [-0.1, -0.05) is 6.58 Å². The molecule has 0 aliphatic carbocycles. The first-order valence-corrected chi connectivity index (χ1v) is 2.27. The van der Waals surface area contributed by atoms with Crippen molar-refractivity contribution in [3.63, 3.8) is 0 Å². The van der Waals surface area contributed by atoms with Gasteiger partial charge in [0, 0.05) is 0 Å². The third-order valence-electron chi connectivity index (χ3n) is 0.546. The van der Waals surface area contributed by atoms with Gasteiger partial charge in [0.1, 0.15) is 6.61 Å². The third kappa shape index (κ3) is 3.77. The van der Waals surface area contributed by atoms with Gasteiger partial charge >= 0.3 is 0 Å². The predicted molar refractivity (Wildman–Crippen MR) is 26.6 cm³/mol. The summed E-state index contributed by atoms with van der Waals surface area (Å²) in [5.41, 5.74) is 0. The van der Waals surface area contributed by atoms with Gasteiger partial charge in [-0.3, -0.25) is 0 Å². The lowest BCUT2D eigenvalue weighted by Gasteiger charge is -1.99. The third-order valence-corrected chi connectivity index (χ3v) is 0.546. The summed E-state index contributed by atoms with van der Waals surface area (Å²) in [5.74, 6) is 0. The lowest BCUT2D eigenvalue weighted by Crippen LogP contribution is -2.05. The van der Waals surface area contributed by atoms with Crippen LogP contribution in [0.4, 0.5) is 4.39 Å². The van der Waals surface area contributed by atoms with E-state index in [2.05, 4.69) is 11.3 Å². The van der Waals surface area contributed by atoms with E-state index >= 15 is 0 Å². The molecule has 0 aromatic heterocycles. The van der Waals surface area contributed by atoms with E-state index < -0.39 is 13.0 Å². The van der Waals surface area contributed by atoms with Crippen molar-refractivity contribution in [3.8, 4) is 0 Å². The van der Waals surface area contributed by atoms with E-state index in [1.165, 1.54) is 0 Å². The minimum atomic E-state index is -1.48. The van der Waals surface area contributed by atoms with Crippen molar-refractivity contribution in [3.05, 3.63) is 12.7 Å². The van der Waals surface area contributed by atoms with Crippen LogP contribution < -0.4 is 0 Å². The van der Waals surface area contributed by atoms with E-state index in [-0.39, 0.29) is 6.61 Å². The minimum absolute atomic E-state index is 0.0901. The number of halogens is 1. The predicted octanol–water partition coefficient (Wildman–Crippen LogP) is 0.915. The maximum atomic E-state index is 11.8. The molecule has 0 saturated carbocycles. The van der Waals surface area contributed by atoms with Crippen LogP contribution in [-0.2, 0) is 9.84 Å². The van der Waals surface area contributed by atoms with Gasteiger partial charge in [0.05, 0.1) is 6.61 Å². The topological polar surface area (TPSA) is 29.1 Å². The number of hydrogen-bond donors (Lipinski definition) is 0. The Balaban J connectivity index is 2.98. The van der Waals surface area contributed by atoms with Crippen molar-refractivity contribution in [2.45, 2.75) is 6.36 Å². The van der Waals surface area contributed by atoms with Gasteiger partial charge in [0.25, 0.3) is 0 Å². The van der Waals surface area contributed by atoms with Crippen LogP contribution in [0.5, 0.6) is 0 Å². The maximum Gasteiger partial charge on any atom is 0.217 e. The molecule has 1 radical (unpaired) electrons. The van der Waals surface area contributed by atoms with Crippen molar-refractivity contribution in [1.82, 2.24) is 0 Å². The summed E-state index contributed by atoms with van der Waals surface area (Å²) in [5, 5.41) is 9.62. The smallest absolute Gasteiger partial charge is 0.217 e. The van der Waals surface area contributed by atoms with Crippen LogP contribution in [0, 0.1) is 0 Å². The fourth-order valence-electron chi connectivity index (χ4n) is 0.229. The average molecular weight is 119 g/mol. The van der Waals surface area contributed by atoms with E-state index in [0.717, 1.165) is 6.08 Å². The molecule has 3 heteroatoms. The van der Waals surface area contributed by atoms with Crippen LogP contribution in [-0.4, -0.2) is 19.6 Å². The number of hydrogen-bond acceptors (Lipinski definition) is 1. The van der Waals surface area contributed by atoms with E-state index in [1.807, 2.05) is 0 Å². The van der Waals surface area contributed by atoms with Crippen molar-refractivity contribution >= 4 is 0 Å². The van der Waals surface area contributed by atoms with Crippen LogP contribution >= 0.6 is 0 Å². The summed E-state index contributed by atoms with van der Waals surface area (Å²) >= 11 is 0. The Hall–Kier alpha value is -0.410. The van der Waals surface area contributed by atoms with Gasteiger partial charge in [0.2, 0.25) is 6.36 Å². The Morgan fingerprint density at radius 1 is 1.88 bits per heavy atom. The summed E-state index contributed by atoms with van der Waals surface area (Å²) in [6.07, 6.45) is -0.487. The molecule has 0 fully saturated rings. The molecule has 0 spiro atoms. The fraction of sp³-hybridized carbons (Fsp3) is 0.600. The molecule has 1 atom stereocenters. The molecule has 0 saturated heterocycles. The van der Waals surface area contributed by atoms with Gasteiger partial charge in [-0.2, -0.15) is 0 Å². The molecular weight excluding hydrogens is 111 g/mol. The molecule has 0 aliphatic heterocycles. The standard InChI is InChI=1S/C5H8FO2/c1-2-5(6)8-4-3-7/h2,5H,1,3-4H2. The fourth-order valence-corrected chi connectivity index (χ4v) is 0.229. The van der Waals surface area contributed by atoms with Gasteiger partial charge in [0.15, 0.2) is 0 Å². The molecule has 0 amide bonds. The second-order valence-electron chi connectivity index (χ2n) is 1.16. The number of alkyl halides is 1. The second-order valence-corrected chi connectivity index (χ2v) is 1.16. The molecule has 0 bridgehead atoms. The quantitative estimate of drug-likeness (QED) is 0.506. The van der Waals surface area contributed by atoms with Crippen molar-refractivity contribution in [2.75, 3.05) is 13.2 Å². The maximum absolute atomic E-state index is 11.8. The molecule has 0 rings (SSSR count). The summed E-state index contributed by atoms with van der Waals surface area (Å²) in [4.78, 5) is 0. The number of ether oxygens (including phenoxy) is 1. The molecule has 1 unspecified atom stereocenters. The van der Waals surface area contributed by atoms with Gasteiger partial charge in [-0.25, -0.2) is 9.50 Å². The Morgan fingerprint density at radius 3 is 2.88 bits per heavy atom. The highest BCUT2D eigenvalue weighted by molar-refractivity contribution is 4.69. The highest BCUT2D eigenvalue weighted by Gasteiger charge is 1.96. The Bertz CT molecular complexity index is 65.4. The first-order chi connectivity index (χ1) is 3.81. The van der Waals surface area contributed by atoms with Crippen LogP contribution in [0.15, 0.2) is 12.7 Å². The lowest BCUT2D eigenvalue weighted by atomic mass is 10.6. The summed E-state index contributed by atoms with van der Waals surface area (Å²) in [7, 11) is 0. The van der Waals surface area contributed by atoms with Gasteiger partial charge in [-0.15, -0.1) is 0 Å². The van der Waals surface area contributed by atoms with Crippen molar-refractivity contribution in [2.24, 2.45) is 0 Å². The van der Waals surface area contributed by atoms with Crippen molar-refractivity contribution < 1.29 is 14.2 Å². The highest BCUT2D eigenvalue weighted by Crippen LogP contribution is 1.91. The van der Waals surface area contributed by atoms with E-state index in [9.17, 15) is 9.50 Å². The van der Waals surface area contributed by atoms with Crippen LogP contribution in [0.1, 0.15) is 0 Å². The van der Waals surface area contributed by atoms with Crippen LogP contribution in [0.3, 0.4) is 0 Å². The molecule has 2 nitrogen and oxygen atoms in total. The molecule has 8 heavy (non-hydrogen) atoms. The van der Waals surface area contributed by atoms with Gasteiger partial charge in [-0.05, 0) is 6.08 Å². The lowest BCUT2D eigenvalue weighted by molar-refractivity contribution is -0.0291. The molecule has 0 aromatic rings. The second kappa shape index (κ2) is 4.74. The summed E-state index contributed by atoms with van der Waals surface area (Å²) in [6.45, 7) is 2.61. The average Bonchev–Trinajstić information content (AvgIpc) is 1.83. The van der Waals surface area contributed by atoms with Crippen LogP contribution in [0.25, 0.3) is 0 Å². The monoisotopic (exact) mass is 119 g/mol. The molecular formula is C5H8FO2. The minimum Gasteiger partial charge on any atom is -0.342 e. The summed E-state index contributed by atoms with van der Waals surface area (Å²) < 4.78 is 16.1. The zero-order chi connectivity index (χ0) is 6.41. The van der Waals surface area contributed by atoms with Gasteiger partial charge < -0.3 is 4.74 Å². The summed E-state index contributed by atoms with van der Waals surface area (Å²) in [6, 6.07) is 0. The zero-order valence-corrected chi connectivity index (χ0v) is 4.47. The SMILES string of the molecule is C=CC(F)OCC[O]. The first kappa shape index (κ1) is 7.59. The molecule has 0 aromatic carbocycles. The van der Waals surface area contributed by atoms with E-state index in [0.29, 0.717) is 0 Å². The molecule has 0 aliphatic rings. The largest absolute Gasteiger partial charge is 0.342 e. The van der Waals surface area contributed by atoms with Crippen molar-refractivity contribution in [1.29, 1.82) is 0 Å².